The summed E-state index contributed by atoms with van der Waals surface area (Å²) in [6.45, 7) is 2.85. The molecule has 1 aromatic rings. The molecule has 0 radical (unpaired) electrons. The van der Waals surface area contributed by atoms with Crippen molar-refractivity contribution in [1.82, 2.24) is 5.32 Å². The number of ether oxygens (including phenoxy) is 3. The van der Waals surface area contributed by atoms with Crippen LogP contribution in [0.3, 0.4) is 0 Å². The van der Waals surface area contributed by atoms with Crippen LogP contribution in [0.25, 0.3) is 0 Å². The van der Waals surface area contributed by atoms with Crippen LogP contribution >= 0.6 is 0 Å². The van der Waals surface area contributed by atoms with Crippen molar-refractivity contribution >= 4 is 0 Å². The van der Waals surface area contributed by atoms with Crippen molar-refractivity contribution in [3.05, 3.63) is 29.6 Å². The second-order valence-electron chi connectivity index (χ2n) is 4.40. The summed E-state index contributed by atoms with van der Waals surface area (Å²) in [6.07, 6.45) is 0. The largest absolute Gasteiger partial charge is 0.494 e. The molecule has 0 spiro atoms. The molecular formula is C13H18FNO3. The molecule has 0 amide bonds. The molecule has 1 aliphatic heterocycles. The van der Waals surface area contributed by atoms with Crippen molar-refractivity contribution in [3.63, 3.8) is 0 Å². The lowest BCUT2D eigenvalue weighted by molar-refractivity contribution is -0.272. The van der Waals surface area contributed by atoms with E-state index in [-0.39, 0.29) is 11.8 Å². The molecule has 0 saturated carbocycles. The predicted octanol–water partition coefficient (Wildman–Crippen LogP) is 1.64. The molecule has 1 aliphatic rings. The van der Waals surface area contributed by atoms with E-state index in [1.54, 1.807) is 19.1 Å². The molecule has 1 aromatic carbocycles. The first-order valence-electron chi connectivity index (χ1n) is 5.88. The topological polar surface area (TPSA) is 39.7 Å². The molecule has 2 rings (SSSR count). The highest BCUT2D eigenvalue weighted by Gasteiger charge is 2.35. The van der Waals surface area contributed by atoms with Gasteiger partial charge in [-0.1, -0.05) is 0 Å². The minimum absolute atomic E-state index is 0.168. The SMILES string of the molecule is CNC1COC(C)(c2ccc(OC)c(F)c2)OC1. The fourth-order valence-corrected chi connectivity index (χ4v) is 1.89. The summed E-state index contributed by atoms with van der Waals surface area (Å²) in [5, 5.41) is 3.08. The van der Waals surface area contributed by atoms with Gasteiger partial charge < -0.3 is 19.5 Å². The number of benzene rings is 1. The van der Waals surface area contributed by atoms with Crippen LogP contribution in [-0.4, -0.2) is 33.4 Å². The molecule has 5 heteroatoms. The molecule has 0 aliphatic carbocycles. The molecular weight excluding hydrogens is 237 g/mol. The third-order valence-corrected chi connectivity index (χ3v) is 3.20. The number of hydrogen-bond donors (Lipinski definition) is 1. The average Bonchev–Trinajstić information content (AvgIpc) is 2.39. The van der Waals surface area contributed by atoms with Gasteiger partial charge in [-0.25, -0.2) is 4.39 Å². The van der Waals surface area contributed by atoms with Crippen molar-refractivity contribution < 1.29 is 18.6 Å². The Morgan fingerprint density at radius 2 is 2.06 bits per heavy atom. The van der Waals surface area contributed by atoms with Gasteiger partial charge in [-0.3, -0.25) is 0 Å². The van der Waals surface area contributed by atoms with Gasteiger partial charge in [0.1, 0.15) is 0 Å². The van der Waals surface area contributed by atoms with E-state index in [4.69, 9.17) is 14.2 Å². The van der Waals surface area contributed by atoms with E-state index in [0.717, 1.165) is 0 Å². The fourth-order valence-electron chi connectivity index (χ4n) is 1.89. The standard InChI is InChI=1S/C13H18FNO3/c1-13(17-7-10(15-2)8-18-13)9-4-5-12(16-3)11(14)6-9/h4-6,10,15H,7-8H2,1-3H3. The lowest BCUT2D eigenvalue weighted by Crippen LogP contribution is -2.47. The molecule has 100 valence electrons. The third kappa shape index (κ3) is 2.48. The van der Waals surface area contributed by atoms with E-state index in [9.17, 15) is 4.39 Å². The first-order chi connectivity index (χ1) is 8.59. The summed E-state index contributed by atoms with van der Waals surface area (Å²) in [5.74, 6) is -1.11. The lowest BCUT2D eigenvalue weighted by Gasteiger charge is -2.37. The van der Waals surface area contributed by atoms with Gasteiger partial charge >= 0.3 is 0 Å². The molecule has 1 saturated heterocycles. The molecule has 0 unspecified atom stereocenters. The van der Waals surface area contributed by atoms with Gasteiger partial charge in [0.2, 0.25) is 0 Å². The molecule has 0 atom stereocenters. The highest BCUT2D eigenvalue weighted by molar-refractivity contribution is 5.31. The minimum atomic E-state index is -0.902. The normalized spacial score (nSPS) is 28.1. The quantitative estimate of drug-likeness (QED) is 0.891. The summed E-state index contributed by atoms with van der Waals surface area (Å²) in [4.78, 5) is 0. The Hall–Kier alpha value is -1.17. The summed E-state index contributed by atoms with van der Waals surface area (Å²) in [5.41, 5.74) is 0.648. The smallest absolute Gasteiger partial charge is 0.192 e. The number of nitrogens with one attached hydrogen (secondary N) is 1. The van der Waals surface area contributed by atoms with Crippen molar-refractivity contribution in [2.24, 2.45) is 0 Å². The van der Waals surface area contributed by atoms with Gasteiger partial charge in [-0.2, -0.15) is 0 Å². The Labute approximate surface area is 106 Å². The van der Waals surface area contributed by atoms with Crippen LogP contribution in [0.15, 0.2) is 18.2 Å². The third-order valence-electron chi connectivity index (χ3n) is 3.20. The highest BCUT2D eigenvalue weighted by Crippen LogP contribution is 2.32. The van der Waals surface area contributed by atoms with Crippen molar-refractivity contribution in [1.29, 1.82) is 0 Å². The lowest BCUT2D eigenvalue weighted by atomic mass is 10.1. The number of halogens is 1. The van der Waals surface area contributed by atoms with E-state index in [0.29, 0.717) is 18.8 Å². The minimum Gasteiger partial charge on any atom is -0.494 e. The number of rotatable bonds is 3. The summed E-state index contributed by atoms with van der Waals surface area (Å²) < 4.78 is 29.9. The average molecular weight is 255 g/mol. The van der Waals surface area contributed by atoms with Crippen molar-refractivity contribution in [3.8, 4) is 5.75 Å². The zero-order valence-corrected chi connectivity index (χ0v) is 10.8. The molecule has 0 bridgehead atoms. The zero-order valence-electron chi connectivity index (χ0n) is 10.8. The number of hydrogen-bond acceptors (Lipinski definition) is 4. The van der Waals surface area contributed by atoms with Crippen LogP contribution in [0.1, 0.15) is 12.5 Å². The molecule has 4 nitrogen and oxygen atoms in total. The Kier molecular flexibility index (Phi) is 3.85. The Morgan fingerprint density at radius 1 is 1.39 bits per heavy atom. The summed E-state index contributed by atoms with van der Waals surface area (Å²) in [7, 11) is 3.29. The number of methoxy groups -OCH3 is 1. The second kappa shape index (κ2) is 5.22. The maximum Gasteiger partial charge on any atom is 0.192 e. The van der Waals surface area contributed by atoms with Crippen molar-refractivity contribution in [2.45, 2.75) is 18.8 Å². The Balaban J connectivity index is 2.18. The van der Waals surface area contributed by atoms with Gasteiger partial charge in [0.05, 0.1) is 26.4 Å². The number of likely N-dealkylation sites (N-methyl/N-ethyl adjacent to an activating group) is 1. The Morgan fingerprint density at radius 3 is 2.56 bits per heavy atom. The van der Waals surface area contributed by atoms with E-state index in [1.807, 2.05) is 7.05 Å². The summed E-state index contributed by atoms with van der Waals surface area (Å²) in [6, 6.07) is 4.88. The van der Waals surface area contributed by atoms with Crippen LogP contribution in [-0.2, 0) is 15.3 Å². The van der Waals surface area contributed by atoms with Crippen LogP contribution < -0.4 is 10.1 Å². The first kappa shape index (κ1) is 13.3. The predicted molar refractivity (Wildman–Crippen MR) is 65.1 cm³/mol. The van der Waals surface area contributed by atoms with Crippen LogP contribution in [0.2, 0.25) is 0 Å². The van der Waals surface area contributed by atoms with Gasteiger partial charge in [0.15, 0.2) is 17.4 Å². The summed E-state index contributed by atoms with van der Waals surface area (Å²) >= 11 is 0. The second-order valence-corrected chi connectivity index (χ2v) is 4.40. The first-order valence-corrected chi connectivity index (χ1v) is 5.88. The van der Waals surface area contributed by atoms with Gasteiger partial charge in [0, 0.05) is 5.56 Å². The maximum absolute atomic E-state index is 13.7. The van der Waals surface area contributed by atoms with Gasteiger partial charge in [-0.15, -0.1) is 0 Å². The Bertz CT molecular complexity index is 417. The van der Waals surface area contributed by atoms with Crippen molar-refractivity contribution in [2.75, 3.05) is 27.4 Å². The highest BCUT2D eigenvalue weighted by atomic mass is 19.1. The van der Waals surface area contributed by atoms with Gasteiger partial charge in [-0.05, 0) is 32.2 Å². The van der Waals surface area contributed by atoms with E-state index in [1.165, 1.54) is 13.2 Å². The molecule has 0 aromatic heterocycles. The zero-order chi connectivity index (χ0) is 13.2. The van der Waals surface area contributed by atoms with Crippen LogP contribution in [0, 0.1) is 5.82 Å². The molecule has 1 heterocycles. The van der Waals surface area contributed by atoms with E-state index in [2.05, 4.69) is 5.32 Å². The fraction of sp³-hybridized carbons (Fsp3) is 0.538. The monoisotopic (exact) mass is 255 g/mol. The molecule has 1 N–H and O–H groups in total. The van der Waals surface area contributed by atoms with Crippen LogP contribution in [0.5, 0.6) is 5.75 Å². The van der Waals surface area contributed by atoms with E-state index < -0.39 is 11.6 Å². The van der Waals surface area contributed by atoms with Gasteiger partial charge in [0.25, 0.3) is 0 Å². The molecule has 18 heavy (non-hydrogen) atoms. The maximum atomic E-state index is 13.7. The van der Waals surface area contributed by atoms with Crippen LogP contribution in [0.4, 0.5) is 4.39 Å². The van der Waals surface area contributed by atoms with E-state index >= 15 is 0 Å². The molecule has 1 fully saturated rings.